The second-order valence-corrected chi connectivity index (χ2v) is 4.09. The van der Waals surface area contributed by atoms with E-state index >= 15 is 0 Å². The number of aryl methyl sites for hydroxylation is 1. The van der Waals surface area contributed by atoms with Gasteiger partial charge in [-0.25, -0.2) is 0 Å². The normalized spacial score (nSPS) is 13.1. The smallest absolute Gasteiger partial charge is 0.0470 e. The Balaban J connectivity index is 2.87. The third-order valence-electron chi connectivity index (χ3n) is 2.88. The molecule has 0 spiro atoms. The van der Waals surface area contributed by atoms with Gasteiger partial charge in [-0.05, 0) is 38.1 Å². The second kappa shape index (κ2) is 5.89. The van der Waals surface area contributed by atoms with Crippen LogP contribution in [0.2, 0.25) is 0 Å². The zero-order valence-corrected chi connectivity index (χ0v) is 10.0. The van der Waals surface area contributed by atoms with Crippen molar-refractivity contribution in [3.05, 3.63) is 35.4 Å². The summed E-state index contributed by atoms with van der Waals surface area (Å²) in [6.07, 6.45) is 1.17. The van der Waals surface area contributed by atoms with Gasteiger partial charge in [0.25, 0.3) is 0 Å². The molecule has 2 nitrogen and oxygen atoms in total. The molecule has 0 amide bonds. The molecule has 1 aromatic carbocycles. The number of likely N-dealkylation sites (N-methyl/N-ethyl adjacent to an activating group) is 1. The van der Waals surface area contributed by atoms with Crippen molar-refractivity contribution in [3.63, 3.8) is 0 Å². The Bertz CT molecular complexity index is 296. The molecule has 0 saturated heterocycles. The van der Waals surface area contributed by atoms with Crippen molar-refractivity contribution < 1.29 is 0 Å². The zero-order valence-electron chi connectivity index (χ0n) is 10.0. The monoisotopic (exact) mass is 206 g/mol. The predicted octanol–water partition coefficient (Wildman–Crippen LogP) is 2.34. The minimum Gasteiger partial charge on any atom is -0.329 e. The number of nitrogens with zero attached hydrogens (tertiary/aromatic N) is 1. The minimum absolute atomic E-state index is 0.353. The first-order valence-electron chi connectivity index (χ1n) is 5.66. The minimum atomic E-state index is 0.353. The summed E-state index contributed by atoms with van der Waals surface area (Å²) in [6, 6.07) is 8.85. The van der Waals surface area contributed by atoms with E-state index in [9.17, 15) is 0 Å². The lowest BCUT2D eigenvalue weighted by Gasteiger charge is -2.28. The molecule has 1 unspecified atom stereocenters. The van der Waals surface area contributed by atoms with E-state index in [0.29, 0.717) is 12.6 Å². The molecule has 0 bridgehead atoms. The topological polar surface area (TPSA) is 29.3 Å². The van der Waals surface area contributed by atoms with Crippen molar-refractivity contribution in [3.8, 4) is 0 Å². The summed E-state index contributed by atoms with van der Waals surface area (Å²) < 4.78 is 0. The van der Waals surface area contributed by atoms with Crippen LogP contribution in [0.25, 0.3) is 0 Å². The summed E-state index contributed by atoms with van der Waals surface area (Å²) in [7, 11) is 2.15. The van der Waals surface area contributed by atoms with E-state index < -0.39 is 0 Å². The fraction of sp³-hybridized carbons (Fsp3) is 0.538. The molecular formula is C13H22N2. The fourth-order valence-electron chi connectivity index (χ4n) is 2.01. The number of hydrogen-bond donors (Lipinski definition) is 1. The van der Waals surface area contributed by atoms with E-state index in [0.717, 1.165) is 6.54 Å². The highest BCUT2D eigenvalue weighted by Crippen LogP contribution is 2.21. The number of rotatable bonds is 5. The van der Waals surface area contributed by atoms with Crippen LogP contribution < -0.4 is 5.73 Å². The largest absolute Gasteiger partial charge is 0.329 e. The molecule has 0 fully saturated rings. The van der Waals surface area contributed by atoms with Crippen LogP contribution in [0.4, 0.5) is 0 Å². The Morgan fingerprint density at radius 3 is 2.53 bits per heavy atom. The van der Waals surface area contributed by atoms with Gasteiger partial charge < -0.3 is 5.73 Å². The van der Waals surface area contributed by atoms with Crippen molar-refractivity contribution in [1.29, 1.82) is 0 Å². The number of benzene rings is 1. The first-order valence-corrected chi connectivity index (χ1v) is 5.66. The molecule has 0 aromatic heterocycles. The molecule has 0 aliphatic carbocycles. The van der Waals surface area contributed by atoms with Gasteiger partial charge in [-0.2, -0.15) is 0 Å². The highest BCUT2D eigenvalue weighted by Gasteiger charge is 2.15. The molecule has 1 rings (SSSR count). The molecule has 0 aliphatic rings. The van der Waals surface area contributed by atoms with Crippen molar-refractivity contribution in [2.45, 2.75) is 26.3 Å². The van der Waals surface area contributed by atoms with Crippen molar-refractivity contribution in [1.82, 2.24) is 4.90 Å². The van der Waals surface area contributed by atoms with E-state index in [2.05, 4.69) is 50.1 Å². The van der Waals surface area contributed by atoms with Crippen LogP contribution in [0.15, 0.2) is 24.3 Å². The van der Waals surface area contributed by atoms with Gasteiger partial charge in [0.2, 0.25) is 0 Å². The molecule has 1 aromatic rings. The predicted molar refractivity (Wildman–Crippen MR) is 65.9 cm³/mol. The lowest BCUT2D eigenvalue weighted by Crippen LogP contribution is -2.31. The summed E-state index contributed by atoms with van der Waals surface area (Å²) in [4.78, 5) is 2.34. The van der Waals surface area contributed by atoms with E-state index in [4.69, 9.17) is 5.73 Å². The van der Waals surface area contributed by atoms with Crippen LogP contribution in [0.3, 0.4) is 0 Å². The Kier molecular flexibility index (Phi) is 4.79. The Hall–Kier alpha value is -0.860. The van der Waals surface area contributed by atoms with Gasteiger partial charge in [0.05, 0.1) is 0 Å². The molecule has 1 atom stereocenters. The zero-order chi connectivity index (χ0) is 11.3. The van der Waals surface area contributed by atoms with Gasteiger partial charge in [0, 0.05) is 12.6 Å². The van der Waals surface area contributed by atoms with Crippen molar-refractivity contribution in [2.24, 2.45) is 5.73 Å². The highest BCUT2D eigenvalue weighted by atomic mass is 15.1. The van der Waals surface area contributed by atoms with Crippen LogP contribution in [0, 0.1) is 6.92 Å². The van der Waals surface area contributed by atoms with E-state index in [1.54, 1.807) is 0 Å². The molecule has 0 saturated carbocycles. The molecule has 15 heavy (non-hydrogen) atoms. The van der Waals surface area contributed by atoms with Gasteiger partial charge in [-0.15, -0.1) is 0 Å². The molecule has 0 aliphatic heterocycles. The SMILES string of the molecule is CCCN(C)C(CN)c1ccccc1C. The molecule has 0 heterocycles. The average Bonchev–Trinajstić information content (AvgIpc) is 2.22. The lowest BCUT2D eigenvalue weighted by molar-refractivity contribution is 0.250. The molecule has 2 heteroatoms. The Morgan fingerprint density at radius 2 is 2.00 bits per heavy atom. The van der Waals surface area contributed by atoms with Gasteiger partial charge in [0.1, 0.15) is 0 Å². The van der Waals surface area contributed by atoms with Crippen LogP contribution in [-0.4, -0.2) is 25.0 Å². The van der Waals surface area contributed by atoms with E-state index in [1.807, 2.05) is 0 Å². The summed E-state index contributed by atoms with van der Waals surface area (Å²) >= 11 is 0. The Morgan fingerprint density at radius 1 is 1.33 bits per heavy atom. The molecule has 0 radical (unpaired) electrons. The van der Waals surface area contributed by atoms with Crippen LogP contribution in [0.1, 0.15) is 30.5 Å². The summed E-state index contributed by atoms with van der Waals surface area (Å²) in [5.41, 5.74) is 8.55. The first-order chi connectivity index (χ1) is 7.20. The summed E-state index contributed by atoms with van der Waals surface area (Å²) in [6.45, 7) is 6.12. The van der Waals surface area contributed by atoms with Crippen molar-refractivity contribution in [2.75, 3.05) is 20.1 Å². The van der Waals surface area contributed by atoms with Gasteiger partial charge in [0.15, 0.2) is 0 Å². The van der Waals surface area contributed by atoms with E-state index in [-0.39, 0.29) is 0 Å². The first kappa shape index (κ1) is 12.2. The maximum Gasteiger partial charge on any atom is 0.0470 e. The van der Waals surface area contributed by atoms with Crippen molar-refractivity contribution >= 4 is 0 Å². The summed E-state index contributed by atoms with van der Waals surface area (Å²) in [5.74, 6) is 0. The van der Waals surface area contributed by atoms with Gasteiger partial charge in [-0.1, -0.05) is 31.2 Å². The van der Waals surface area contributed by atoms with E-state index in [1.165, 1.54) is 17.5 Å². The summed E-state index contributed by atoms with van der Waals surface area (Å²) in [5, 5.41) is 0. The third kappa shape index (κ3) is 3.05. The second-order valence-electron chi connectivity index (χ2n) is 4.09. The quantitative estimate of drug-likeness (QED) is 0.801. The van der Waals surface area contributed by atoms with Crippen LogP contribution >= 0.6 is 0 Å². The van der Waals surface area contributed by atoms with Gasteiger partial charge >= 0.3 is 0 Å². The lowest BCUT2D eigenvalue weighted by atomic mass is 10.0. The molecular weight excluding hydrogens is 184 g/mol. The number of nitrogens with two attached hydrogens (primary N) is 1. The molecule has 84 valence electrons. The standard InChI is InChI=1S/C13H22N2/c1-4-9-15(3)13(10-14)12-8-6-5-7-11(12)2/h5-8,13H,4,9-10,14H2,1-3H3. The van der Waals surface area contributed by atoms with Crippen LogP contribution in [-0.2, 0) is 0 Å². The number of hydrogen-bond acceptors (Lipinski definition) is 2. The molecule has 2 N–H and O–H groups in total. The highest BCUT2D eigenvalue weighted by molar-refractivity contribution is 5.29. The Labute approximate surface area is 93.1 Å². The third-order valence-corrected chi connectivity index (χ3v) is 2.88. The van der Waals surface area contributed by atoms with Crippen LogP contribution in [0.5, 0.6) is 0 Å². The fourth-order valence-corrected chi connectivity index (χ4v) is 2.01. The maximum atomic E-state index is 5.86. The average molecular weight is 206 g/mol. The maximum absolute atomic E-state index is 5.86. The van der Waals surface area contributed by atoms with Gasteiger partial charge in [-0.3, -0.25) is 4.90 Å².